The summed E-state index contributed by atoms with van der Waals surface area (Å²) in [5.41, 5.74) is 2.32. The molecule has 11 heteroatoms. The maximum absolute atomic E-state index is 12.4. The Morgan fingerprint density at radius 3 is 2.24 bits per heavy atom. The molecule has 1 amide bonds. The molecule has 1 aromatic heterocycles. The van der Waals surface area contributed by atoms with Gasteiger partial charge in [-0.3, -0.25) is 14.6 Å². The molecule has 180 valence electrons. The number of carbonyl (C=O) groups is 1. The molecule has 0 radical (unpaired) electrons. The van der Waals surface area contributed by atoms with Crippen molar-refractivity contribution >= 4 is 23.4 Å². The van der Waals surface area contributed by atoms with E-state index in [0.717, 1.165) is 29.5 Å². The highest BCUT2D eigenvalue weighted by Crippen LogP contribution is 2.24. The molecule has 0 unspecified atom stereocenters. The van der Waals surface area contributed by atoms with Gasteiger partial charge in [-0.2, -0.15) is 0 Å². The van der Waals surface area contributed by atoms with E-state index in [2.05, 4.69) is 46.0 Å². The Balaban J connectivity index is 1.53. The van der Waals surface area contributed by atoms with E-state index in [9.17, 15) is 22.8 Å². The lowest BCUT2D eigenvalue weighted by Gasteiger charge is -2.19. The summed E-state index contributed by atoms with van der Waals surface area (Å²) >= 11 is 0.978. The van der Waals surface area contributed by atoms with Crippen molar-refractivity contribution in [2.75, 3.05) is 11.1 Å². The number of hydrogen-bond donors (Lipinski definition) is 2. The Hall–Kier alpha value is -3.34. The molecule has 0 aliphatic rings. The molecule has 3 aromatic rings. The number of thioether (sulfide) groups is 1. The summed E-state index contributed by atoms with van der Waals surface area (Å²) in [6.45, 7) is 6.37. The molecule has 0 saturated carbocycles. The van der Waals surface area contributed by atoms with Crippen molar-refractivity contribution in [3.63, 3.8) is 0 Å². The first kappa shape index (κ1) is 25.3. The number of nitrogens with zero attached hydrogens (tertiary/aromatic N) is 2. The Labute approximate surface area is 198 Å². The summed E-state index contributed by atoms with van der Waals surface area (Å²) < 4.78 is 40.4. The number of ether oxygens (including phenoxy) is 1. The zero-order valence-corrected chi connectivity index (χ0v) is 19.5. The van der Waals surface area contributed by atoms with Gasteiger partial charge >= 0.3 is 6.36 Å². The van der Waals surface area contributed by atoms with Crippen molar-refractivity contribution < 1.29 is 22.7 Å². The van der Waals surface area contributed by atoms with Crippen LogP contribution in [0.3, 0.4) is 0 Å². The van der Waals surface area contributed by atoms with Crippen molar-refractivity contribution in [2.45, 2.75) is 44.1 Å². The van der Waals surface area contributed by atoms with Gasteiger partial charge < -0.3 is 10.1 Å². The third-order valence-electron chi connectivity index (χ3n) is 4.65. The van der Waals surface area contributed by atoms with Crippen LogP contribution in [0.1, 0.15) is 37.6 Å². The minimum absolute atomic E-state index is 0.0337. The molecular weight excluding hydrogens is 469 g/mol. The van der Waals surface area contributed by atoms with Gasteiger partial charge in [0, 0.05) is 12.1 Å². The largest absolute Gasteiger partial charge is 0.573 e. The van der Waals surface area contributed by atoms with Gasteiger partial charge in [0.25, 0.3) is 5.56 Å². The zero-order chi connectivity index (χ0) is 24.9. The molecule has 0 atom stereocenters. The zero-order valence-electron chi connectivity index (χ0n) is 18.7. The summed E-state index contributed by atoms with van der Waals surface area (Å²) in [6, 6.07) is 12.7. The molecule has 0 fully saturated rings. The van der Waals surface area contributed by atoms with E-state index in [4.69, 9.17) is 0 Å². The minimum Gasteiger partial charge on any atom is -0.406 e. The number of hydrogen-bond acceptors (Lipinski definition) is 6. The number of nitrogens with one attached hydrogen (secondary N) is 2. The summed E-state index contributed by atoms with van der Waals surface area (Å²) in [5, 5.41) is 10.7. The van der Waals surface area contributed by atoms with Gasteiger partial charge in [0.15, 0.2) is 5.16 Å². The van der Waals surface area contributed by atoms with Crippen LogP contribution < -0.4 is 15.6 Å². The van der Waals surface area contributed by atoms with Gasteiger partial charge in [0.2, 0.25) is 5.91 Å². The van der Waals surface area contributed by atoms with E-state index >= 15 is 0 Å². The highest BCUT2D eigenvalue weighted by Gasteiger charge is 2.31. The number of aromatic amines is 1. The van der Waals surface area contributed by atoms with Crippen molar-refractivity contribution in [1.82, 2.24) is 15.2 Å². The van der Waals surface area contributed by atoms with E-state index in [1.165, 1.54) is 17.7 Å². The van der Waals surface area contributed by atoms with Crippen LogP contribution >= 0.6 is 11.8 Å². The molecule has 0 aliphatic heterocycles. The number of halogens is 3. The second kappa shape index (κ2) is 10.3. The third kappa shape index (κ3) is 7.62. The number of carbonyl (C=O) groups excluding carboxylic acids is 1. The number of aromatic nitrogens is 3. The van der Waals surface area contributed by atoms with Crippen LogP contribution in [0.5, 0.6) is 5.75 Å². The van der Waals surface area contributed by atoms with Crippen LogP contribution in [0.2, 0.25) is 0 Å². The quantitative estimate of drug-likeness (QED) is 0.465. The molecule has 0 spiro atoms. The van der Waals surface area contributed by atoms with Crippen molar-refractivity contribution in [1.29, 1.82) is 0 Å². The molecule has 0 aliphatic carbocycles. The van der Waals surface area contributed by atoms with Crippen LogP contribution in [0.25, 0.3) is 0 Å². The summed E-state index contributed by atoms with van der Waals surface area (Å²) in [4.78, 5) is 27.1. The average Bonchev–Trinajstić information content (AvgIpc) is 2.74. The summed E-state index contributed by atoms with van der Waals surface area (Å²) in [6.07, 6.45) is -4.46. The van der Waals surface area contributed by atoms with E-state index in [-0.39, 0.29) is 22.0 Å². The average molecular weight is 493 g/mol. The normalized spacial score (nSPS) is 11.8. The lowest BCUT2D eigenvalue weighted by molar-refractivity contribution is -0.274. The molecule has 2 aromatic carbocycles. The second-order valence-corrected chi connectivity index (χ2v) is 9.40. The third-order valence-corrected chi connectivity index (χ3v) is 5.51. The molecule has 0 saturated heterocycles. The van der Waals surface area contributed by atoms with E-state index < -0.39 is 23.6 Å². The predicted molar refractivity (Wildman–Crippen MR) is 123 cm³/mol. The number of rotatable bonds is 7. The van der Waals surface area contributed by atoms with E-state index in [1.54, 1.807) is 0 Å². The lowest BCUT2D eigenvalue weighted by atomic mass is 9.86. The minimum atomic E-state index is -4.79. The van der Waals surface area contributed by atoms with Crippen molar-refractivity contribution in [3.8, 4) is 5.75 Å². The van der Waals surface area contributed by atoms with Gasteiger partial charge in [0.05, 0.1) is 5.75 Å². The first-order valence-electron chi connectivity index (χ1n) is 10.2. The highest BCUT2D eigenvalue weighted by molar-refractivity contribution is 7.99. The molecule has 1 heterocycles. The molecule has 34 heavy (non-hydrogen) atoms. The first-order chi connectivity index (χ1) is 15.9. The SMILES string of the molecule is CC(C)(C)c1ccc(Cc2nnc(SCC(=O)Nc3ccc(OC(F)(F)F)cc3)[nH]c2=O)cc1. The van der Waals surface area contributed by atoms with Gasteiger partial charge in [-0.05, 0) is 40.8 Å². The van der Waals surface area contributed by atoms with Crippen LogP contribution in [0.4, 0.5) is 18.9 Å². The maximum Gasteiger partial charge on any atom is 0.573 e. The van der Waals surface area contributed by atoms with Crippen LogP contribution in [-0.2, 0) is 16.6 Å². The Morgan fingerprint density at radius 2 is 1.68 bits per heavy atom. The predicted octanol–water partition coefficient (Wildman–Crippen LogP) is 4.68. The fraction of sp³-hybridized carbons (Fsp3) is 0.304. The van der Waals surface area contributed by atoms with Crippen molar-refractivity contribution in [2.24, 2.45) is 0 Å². The van der Waals surface area contributed by atoms with Crippen LogP contribution in [-0.4, -0.2) is 33.2 Å². The topological polar surface area (TPSA) is 97.0 Å². The van der Waals surface area contributed by atoms with Crippen LogP contribution in [0, 0.1) is 0 Å². The maximum atomic E-state index is 12.4. The molecular formula is C23H23F3N4O3S. The van der Waals surface area contributed by atoms with Gasteiger partial charge in [0.1, 0.15) is 11.4 Å². The van der Waals surface area contributed by atoms with Gasteiger partial charge in [-0.25, -0.2) is 0 Å². The van der Waals surface area contributed by atoms with Crippen molar-refractivity contribution in [3.05, 3.63) is 75.7 Å². The van der Waals surface area contributed by atoms with E-state index in [1.807, 2.05) is 24.3 Å². The molecule has 0 bridgehead atoms. The number of anilines is 1. The summed E-state index contributed by atoms with van der Waals surface area (Å²) in [5.74, 6) is -0.905. The molecule has 3 rings (SSSR count). The Morgan fingerprint density at radius 1 is 1.03 bits per heavy atom. The highest BCUT2D eigenvalue weighted by atomic mass is 32.2. The fourth-order valence-electron chi connectivity index (χ4n) is 2.91. The monoisotopic (exact) mass is 492 g/mol. The van der Waals surface area contributed by atoms with Crippen LogP contribution in [0.15, 0.2) is 58.5 Å². The summed E-state index contributed by atoms with van der Waals surface area (Å²) in [7, 11) is 0. The molecule has 7 nitrogen and oxygen atoms in total. The number of H-pyrrole nitrogens is 1. The number of alkyl halides is 3. The fourth-order valence-corrected chi connectivity index (χ4v) is 3.52. The Bertz CT molecular complexity index is 1190. The number of amides is 1. The second-order valence-electron chi connectivity index (χ2n) is 8.44. The number of benzene rings is 2. The van der Waals surface area contributed by atoms with E-state index in [0.29, 0.717) is 12.1 Å². The van der Waals surface area contributed by atoms with Gasteiger partial charge in [-0.1, -0.05) is 56.8 Å². The smallest absolute Gasteiger partial charge is 0.406 e. The Kier molecular flexibility index (Phi) is 7.65. The van der Waals surface area contributed by atoms with Gasteiger partial charge in [-0.15, -0.1) is 23.4 Å². The lowest BCUT2D eigenvalue weighted by Crippen LogP contribution is -2.19. The first-order valence-corrected chi connectivity index (χ1v) is 11.2. The standard InChI is InChI=1S/C23H23F3N4O3S/c1-22(2,3)15-6-4-14(5-7-15)12-18-20(32)28-21(30-29-18)34-13-19(31)27-16-8-10-17(11-9-16)33-23(24,25)26/h4-11H,12-13H2,1-3H3,(H,27,31)(H,28,30,32). The molecule has 2 N–H and O–H groups in total.